The lowest BCUT2D eigenvalue weighted by atomic mass is 9.92. The third kappa shape index (κ3) is 4.93. The number of amides is 1. The van der Waals surface area contributed by atoms with E-state index in [2.05, 4.69) is 33.5 Å². The highest BCUT2D eigenvalue weighted by Gasteiger charge is 2.24. The van der Waals surface area contributed by atoms with Gasteiger partial charge in [-0.2, -0.15) is 0 Å². The molecule has 0 N–H and O–H groups in total. The maximum atomic E-state index is 13.4. The average molecular weight is 457 g/mol. The fourth-order valence-corrected chi connectivity index (χ4v) is 4.63. The van der Waals surface area contributed by atoms with Crippen molar-refractivity contribution in [2.75, 3.05) is 13.1 Å². The van der Waals surface area contributed by atoms with Crippen molar-refractivity contribution in [1.29, 1.82) is 0 Å². The molecule has 174 valence electrons. The first-order chi connectivity index (χ1) is 16.7. The van der Waals surface area contributed by atoms with Crippen LogP contribution in [0.15, 0.2) is 65.6 Å². The van der Waals surface area contributed by atoms with Crippen LogP contribution in [0.3, 0.4) is 0 Å². The summed E-state index contributed by atoms with van der Waals surface area (Å²) in [6.45, 7) is 3.54. The predicted octanol–water partition coefficient (Wildman–Crippen LogP) is 4.99. The maximum Gasteiger partial charge on any atom is 0.257 e. The van der Waals surface area contributed by atoms with Crippen molar-refractivity contribution in [3.05, 3.63) is 83.4 Å². The Morgan fingerprint density at radius 3 is 2.88 bits per heavy atom. The van der Waals surface area contributed by atoms with Gasteiger partial charge in [0.15, 0.2) is 0 Å². The number of carbonyl (C=O) groups is 1. The van der Waals surface area contributed by atoms with Crippen LogP contribution in [0.2, 0.25) is 0 Å². The molecule has 2 aromatic carbocycles. The van der Waals surface area contributed by atoms with E-state index < -0.39 is 0 Å². The Bertz CT molecular complexity index is 1290. The fourth-order valence-electron chi connectivity index (χ4n) is 4.63. The molecule has 1 aliphatic heterocycles. The van der Waals surface area contributed by atoms with E-state index in [0.717, 1.165) is 38.8 Å². The van der Waals surface area contributed by atoms with Gasteiger partial charge in [0.2, 0.25) is 0 Å². The molecule has 4 aromatic rings. The molecule has 34 heavy (non-hydrogen) atoms. The van der Waals surface area contributed by atoms with Crippen LogP contribution in [0.25, 0.3) is 10.8 Å². The van der Waals surface area contributed by atoms with E-state index in [1.807, 2.05) is 54.5 Å². The van der Waals surface area contributed by atoms with Crippen molar-refractivity contribution in [3.63, 3.8) is 0 Å². The quantitative estimate of drug-likeness (QED) is 0.407. The minimum absolute atomic E-state index is 0.0167. The molecule has 0 unspecified atom stereocenters. The van der Waals surface area contributed by atoms with Crippen LogP contribution >= 0.6 is 0 Å². The lowest BCUT2D eigenvalue weighted by Gasteiger charge is -2.22. The molecule has 5 rings (SSSR count). The molecule has 0 aliphatic carbocycles. The van der Waals surface area contributed by atoms with Crippen LogP contribution in [0.5, 0.6) is 5.75 Å². The van der Waals surface area contributed by atoms with Gasteiger partial charge in [-0.05, 0) is 73.7 Å². The Balaban J connectivity index is 1.23. The Hall–Kier alpha value is -3.74. The Morgan fingerprint density at radius 2 is 2.00 bits per heavy atom. The van der Waals surface area contributed by atoms with Crippen molar-refractivity contribution in [3.8, 4) is 5.75 Å². The van der Waals surface area contributed by atoms with Crippen LogP contribution in [0.1, 0.15) is 46.6 Å². The fraction of sp³-hybridized carbons (Fsp3) is 0.333. The highest BCUT2D eigenvalue weighted by atomic mass is 16.6. The molecule has 1 aliphatic rings. The van der Waals surface area contributed by atoms with Crippen molar-refractivity contribution in [2.45, 2.75) is 39.2 Å². The lowest BCUT2D eigenvalue weighted by molar-refractivity contribution is 0.0755. The van der Waals surface area contributed by atoms with Gasteiger partial charge in [0.1, 0.15) is 23.7 Å². The van der Waals surface area contributed by atoms with E-state index in [9.17, 15) is 4.79 Å². The summed E-state index contributed by atoms with van der Waals surface area (Å²) in [4.78, 5) is 19.6. The zero-order valence-corrected chi connectivity index (χ0v) is 19.3. The van der Waals surface area contributed by atoms with E-state index in [0.29, 0.717) is 28.6 Å². The van der Waals surface area contributed by atoms with E-state index >= 15 is 0 Å². The minimum Gasteiger partial charge on any atom is -0.486 e. The van der Waals surface area contributed by atoms with E-state index in [4.69, 9.17) is 9.37 Å². The summed E-state index contributed by atoms with van der Waals surface area (Å²) >= 11 is 0. The van der Waals surface area contributed by atoms with Gasteiger partial charge < -0.3 is 9.64 Å². The summed E-state index contributed by atoms with van der Waals surface area (Å²) < 4.78 is 10.7. The Morgan fingerprint density at radius 1 is 1.09 bits per heavy atom. The second kappa shape index (κ2) is 10.0. The van der Waals surface area contributed by atoms with Crippen molar-refractivity contribution in [2.24, 2.45) is 5.92 Å². The van der Waals surface area contributed by atoms with Gasteiger partial charge in [0.25, 0.3) is 5.91 Å². The van der Waals surface area contributed by atoms with E-state index in [1.54, 1.807) is 0 Å². The van der Waals surface area contributed by atoms with Crippen LogP contribution in [-0.2, 0) is 13.0 Å². The monoisotopic (exact) mass is 456 g/mol. The molecule has 7 heteroatoms. The topological polar surface area (TPSA) is 81.3 Å². The molecule has 2 aromatic heterocycles. The zero-order chi connectivity index (χ0) is 23.3. The molecule has 1 saturated heterocycles. The molecule has 1 atom stereocenters. The first-order valence-corrected chi connectivity index (χ1v) is 11.8. The number of para-hydroxylation sites is 1. The van der Waals surface area contributed by atoms with E-state index in [1.165, 1.54) is 16.3 Å². The number of carbonyl (C=O) groups excluding carboxylic acids is 1. The third-order valence-corrected chi connectivity index (χ3v) is 6.59. The molecule has 1 fully saturated rings. The number of aryl methyl sites for hydroxylation is 1. The van der Waals surface area contributed by atoms with Gasteiger partial charge in [-0.15, -0.1) is 0 Å². The van der Waals surface area contributed by atoms with Gasteiger partial charge in [-0.3, -0.25) is 9.78 Å². The molecule has 0 radical (unpaired) electrons. The minimum atomic E-state index is 0.0167. The Labute approximate surface area is 198 Å². The van der Waals surface area contributed by atoms with Gasteiger partial charge in [0.05, 0.1) is 5.56 Å². The average Bonchev–Trinajstić information content (AvgIpc) is 3.14. The molecule has 1 amide bonds. The maximum absolute atomic E-state index is 13.4. The van der Waals surface area contributed by atoms with Gasteiger partial charge in [-0.1, -0.05) is 34.6 Å². The number of likely N-dealkylation sites (tertiary alicyclic amines) is 1. The molecule has 0 saturated carbocycles. The lowest BCUT2D eigenvalue weighted by Crippen LogP contribution is -2.32. The van der Waals surface area contributed by atoms with E-state index in [-0.39, 0.29) is 12.5 Å². The SMILES string of the molecule is Cc1nonc1COc1ccccc1C(=O)N1CCC[C@H](Cc2ccc3ccncc3c2)CC1. The van der Waals surface area contributed by atoms with Gasteiger partial charge in [-0.25, -0.2) is 4.63 Å². The number of benzene rings is 2. The molecule has 0 spiro atoms. The summed E-state index contributed by atoms with van der Waals surface area (Å²) in [5.74, 6) is 1.13. The highest BCUT2D eigenvalue weighted by molar-refractivity contribution is 5.97. The van der Waals surface area contributed by atoms with Crippen molar-refractivity contribution in [1.82, 2.24) is 20.2 Å². The van der Waals surface area contributed by atoms with Crippen molar-refractivity contribution >= 4 is 16.7 Å². The first kappa shape index (κ1) is 22.1. The summed E-state index contributed by atoms with van der Waals surface area (Å²) in [5.41, 5.74) is 3.23. The standard InChI is InChI=1S/C27H28N4O3/c1-19-25(30-34-29-19)18-33-26-7-3-2-6-24(26)27(32)31-13-4-5-20(11-14-31)15-21-8-9-22-10-12-28-17-23(22)16-21/h2-3,6-10,12,16-17,20H,4-5,11,13-15,18H2,1H3/t20-/m0/s1. The molecule has 7 nitrogen and oxygen atoms in total. The number of ether oxygens (including phenoxy) is 1. The van der Waals surface area contributed by atoms with Crippen LogP contribution in [0.4, 0.5) is 0 Å². The number of pyridine rings is 1. The largest absolute Gasteiger partial charge is 0.486 e. The second-order valence-corrected chi connectivity index (χ2v) is 8.93. The summed E-state index contributed by atoms with van der Waals surface area (Å²) in [5, 5.41) is 10.0. The summed E-state index contributed by atoms with van der Waals surface area (Å²) in [6, 6.07) is 16.1. The van der Waals surface area contributed by atoms with Gasteiger partial charge in [0, 0.05) is 30.9 Å². The van der Waals surface area contributed by atoms with Crippen LogP contribution in [-0.4, -0.2) is 39.2 Å². The molecule has 0 bridgehead atoms. The molecular formula is C27H28N4O3. The summed E-state index contributed by atoms with van der Waals surface area (Å²) in [7, 11) is 0. The van der Waals surface area contributed by atoms with Crippen molar-refractivity contribution < 1.29 is 14.2 Å². The zero-order valence-electron chi connectivity index (χ0n) is 19.3. The number of rotatable bonds is 6. The Kier molecular flexibility index (Phi) is 6.51. The number of hydrogen-bond donors (Lipinski definition) is 0. The smallest absolute Gasteiger partial charge is 0.257 e. The predicted molar refractivity (Wildman–Crippen MR) is 129 cm³/mol. The first-order valence-electron chi connectivity index (χ1n) is 11.8. The summed E-state index contributed by atoms with van der Waals surface area (Å²) in [6.07, 6.45) is 7.88. The highest BCUT2D eigenvalue weighted by Crippen LogP contribution is 2.27. The normalized spacial score (nSPS) is 16.4. The third-order valence-electron chi connectivity index (χ3n) is 6.59. The number of aromatic nitrogens is 3. The number of hydrogen-bond acceptors (Lipinski definition) is 6. The van der Waals surface area contributed by atoms with Crippen LogP contribution in [0, 0.1) is 12.8 Å². The second-order valence-electron chi connectivity index (χ2n) is 8.93. The van der Waals surface area contributed by atoms with Crippen LogP contribution < -0.4 is 4.74 Å². The molecule has 3 heterocycles. The van der Waals surface area contributed by atoms with Gasteiger partial charge >= 0.3 is 0 Å². The molecular weight excluding hydrogens is 428 g/mol. The number of nitrogens with zero attached hydrogens (tertiary/aromatic N) is 4. The number of fused-ring (bicyclic) bond motifs is 1.